The van der Waals surface area contributed by atoms with Crippen molar-refractivity contribution in [2.24, 2.45) is 0 Å². The van der Waals surface area contributed by atoms with Gasteiger partial charge in [-0.2, -0.15) is 8.42 Å². The monoisotopic (exact) mass is 979 g/mol. The smallest absolute Gasteiger partial charge is 0.397 e. The van der Waals surface area contributed by atoms with Crippen LogP contribution in [0.4, 0.5) is 0 Å². The average Bonchev–Trinajstić information content (AvgIpc) is 3.31. The number of hydrogen-bond acceptors (Lipinski definition) is 11. The van der Waals surface area contributed by atoms with Crippen LogP contribution >= 0.6 is 0 Å². The topological polar surface area (TPSA) is 178 Å². The van der Waals surface area contributed by atoms with E-state index in [1.54, 1.807) is 0 Å². The summed E-state index contributed by atoms with van der Waals surface area (Å²) >= 11 is 0. The van der Waals surface area contributed by atoms with E-state index in [1.807, 2.05) is 0 Å². The second-order valence-electron chi connectivity index (χ2n) is 17.7. The lowest BCUT2D eigenvalue weighted by Gasteiger charge is -2.41. The van der Waals surface area contributed by atoms with Crippen LogP contribution in [-0.4, -0.2) is 97.5 Å². The molecule has 6 unspecified atom stereocenters. The van der Waals surface area contributed by atoms with E-state index >= 15 is 0 Å². The standard InChI is InChI=1S/C55H94O12S/c1-3-5-7-9-11-13-15-17-19-21-22-23-24-25-26-27-29-31-33-35-37-39-41-43-45-63-47-49(48-64-55-53(59)54(67-68(60,61)62)52(58)50(46-56)66-55)65-51(57)44-42-40-38-36-34-32-30-28-20-18-16-14-12-10-8-6-4-2/h5,7,11,13,17-20,22-23,25-26,29,31,49-50,52-56,58-59H,3-4,6,8-10,12,14-16,21,24,27-28,30,32-48H2,1-2H3,(H,60,61,62)/b7-5-,13-11-,19-17-,20-18-,23-22-,26-25-,31-29-. The Bertz CT molecular complexity index is 1500. The Labute approximate surface area is 413 Å². The fraction of sp³-hybridized carbons (Fsp3) is 0.727. The highest BCUT2D eigenvalue weighted by atomic mass is 32.3. The predicted molar refractivity (Wildman–Crippen MR) is 275 cm³/mol. The third-order valence-electron chi connectivity index (χ3n) is 11.5. The average molecular weight is 979 g/mol. The number of carbonyl (C=O) groups excluding carboxylic acids is 1. The van der Waals surface area contributed by atoms with Gasteiger partial charge < -0.3 is 34.3 Å². The SMILES string of the molecule is CC/C=C\C/C=C\C/C=C\C/C=C\C/C=C\C/C=C\CCCCCCCOCC(COC1OC(CO)C(O)C(OS(=O)(=O)O)C1O)OC(=O)CCCCCCCCC/C=C\CCCCCCCC. The largest absolute Gasteiger partial charge is 0.457 e. The van der Waals surface area contributed by atoms with E-state index in [2.05, 4.69) is 103 Å². The minimum Gasteiger partial charge on any atom is -0.457 e. The second kappa shape index (κ2) is 45.4. The Morgan fingerprint density at radius 2 is 1.01 bits per heavy atom. The normalized spacial score (nSPS) is 20.0. The summed E-state index contributed by atoms with van der Waals surface area (Å²) in [6.45, 7) is 3.82. The van der Waals surface area contributed by atoms with Gasteiger partial charge in [-0.15, -0.1) is 0 Å². The third-order valence-corrected chi connectivity index (χ3v) is 12.0. The van der Waals surface area contributed by atoms with Crippen molar-refractivity contribution in [1.29, 1.82) is 0 Å². The molecule has 0 spiro atoms. The summed E-state index contributed by atoms with van der Waals surface area (Å²) in [4.78, 5) is 12.9. The van der Waals surface area contributed by atoms with Crippen molar-refractivity contribution in [2.75, 3.05) is 26.4 Å². The van der Waals surface area contributed by atoms with Crippen molar-refractivity contribution in [3.63, 3.8) is 0 Å². The molecule has 1 aliphatic heterocycles. The number of carbonyl (C=O) groups is 1. The number of ether oxygens (including phenoxy) is 4. The van der Waals surface area contributed by atoms with Crippen molar-refractivity contribution >= 4 is 16.4 Å². The highest BCUT2D eigenvalue weighted by Gasteiger charge is 2.48. The molecule has 392 valence electrons. The van der Waals surface area contributed by atoms with Gasteiger partial charge in [0.15, 0.2) is 6.29 Å². The Morgan fingerprint density at radius 1 is 0.574 bits per heavy atom. The van der Waals surface area contributed by atoms with E-state index in [-0.39, 0.29) is 19.6 Å². The molecule has 1 rings (SSSR count). The zero-order valence-corrected chi connectivity index (χ0v) is 43.0. The summed E-state index contributed by atoms with van der Waals surface area (Å²) in [6.07, 6.45) is 51.8. The van der Waals surface area contributed by atoms with Gasteiger partial charge in [0.1, 0.15) is 30.5 Å². The van der Waals surface area contributed by atoms with Gasteiger partial charge in [0.25, 0.3) is 0 Å². The Kier molecular flexibility index (Phi) is 42.3. The number of aliphatic hydroxyl groups is 3. The first-order chi connectivity index (χ1) is 33.1. The fourth-order valence-corrected chi connectivity index (χ4v) is 8.06. The maximum atomic E-state index is 12.9. The molecule has 1 fully saturated rings. The minimum atomic E-state index is -5.07. The lowest BCUT2D eigenvalue weighted by atomic mass is 9.99. The Hall–Kier alpha value is -2.72. The highest BCUT2D eigenvalue weighted by Crippen LogP contribution is 2.26. The molecule has 1 saturated heterocycles. The van der Waals surface area contributed by atoms with Gasteiger partial charge in [-0.1, -0.05) is 182 Å². The number of aliphatic hydroxyl groups excluding tert-OH is 3. The van der Waals surface area contributed by atoms with Crippen molar-refractivity contribution in [3.8, 4) is 0 Å². The first-order valence-electron chi connectivity index (χ1n) is 26.3. The summed E-state index contributed by atoms with van der Waals surface area (Å²) < 4.78 is 59.3. The lowest BCUT2D eigenvalue weighted by Crippen LogP contribution is -2.60. The number of unbranched alkanes of at least 4 members (excludes halogenated alkanes) is 18. The molecule has 0 saturated carbocycles. The minimum absolute atomic E-state index is 0.0163. The van der Waals surface area contributed by atoms with E-state index in [9.17, 15) is 33.1 Å². The molecular weight excluding hydrogens is 885 g/mol. The molecule has 0 bridgehead atoms. The molecule has 0 aliphatic carbocycles. The van der Waals surface area contributed by atoms with Gasteiger partial charge in [0.05, 0.1) is 19.8 Å². The van der Waals surface area contributed by atoms with Gasteiger partial charge in [-0.3, -0.25) is 9.35 Å². The van der Waals surface area contributed by atoms with E-state index < -0.39 is 59.8 Å². The first-order valence-corrected chi connectivity index (χ1v) is 27.7. The molecule has 0 aromatic heterocycles. The van der Waals surface area contributed by atoms with Crippen LogP contribution in [0.2, 0.25) is 0 Å². The summed E-state index contributed by atoms with van der Waals surface area (Å²) in [7, 11) is -5.07. The molecule has 0 aromatic carbocycles. The zero-order chi connectivity index (χ0) is 49.6. The van der Waals surface area contributed by atoms with Gasteiger partial charge in [-0.05, 0) is 89.9 Å². The molecule has 12 nitrogen and oxygen atoms in total. The lowest BCUT2D eigenvalue weighted by molar-refractivity contribution is -0.301. The van der Waals surface area contributed by atoms with Crippen LogP contribution in [0.5, 0.6) is 0 Å². The maximum absolute atomic E-state index is 12.9. The van der Waals surface area contributed by atoms with Crippen molar-refractivity contribution in [3.05, 3.63) is 85.1 Å². The molecule has 4 N–H and O–H groups in total. The van der Waals surface area contributed by atoms with Crippen molar-refractivity contribution in [2.45, 2.75) is 230 Å². The summed E-state index contributed by atoms with van der Waals surface area (Å²) in [5.74, 6) is -0.414. The molecule has 6 atom stereocenters. The van der Waals surface area contributed by atoms with Crippen LogP contribution in [0.15, 0.2) is 85.1 Å². The van der Waals surface area contributed by atoms with Crippen LogP contribution < -0.4 is 0 Å². The van der Waals surface area contributed by atoms with E-state index in [0.29, 0.717) is 13.0 Å². The van der Waals surface area contributed by atoms with Crippen LogP contribution in [0.25, 0.3) is 0 Å². The molecule has 1 aliphatic rings. The van der Waals surface area contributed by atoms with Crippen LogP contribution in [0, 0.1) is 0 Å². The quantitative estimate of drug-likeness (QED) is 0.0197. The van der Waals surface area contributed by atoms with Crippen LogP contribution in [0.1, 0.15) is 194 Å². The van der Waals surface area contributed by atoms with Gasteiger partial charge in [0, 0.05) is 13.0 Å². The number of esters is 1. The first kappa shape index (κ1) is 63.3. The van der Waals surface area contributed by atoms with E-state index in [0.717, 1.165) is 103 Å². The Balaban J connectivity index is 2.38. The van der Waals surface area contributed by atoms with Crippen molar-refractivity contribution < 1.29 is 56.2 Å². The maximum Gasteiger partial charge on any atom is 0.397 e. The van der Waals surface area contributed by atoms with Gasteiger partial charge >= 0.3 is 16.4 Å². The number of rotatable bonds is 45. The van der Waals surface area contributed by atoms with Gasteiger partial charge in [0.2, 0.25) is 0 Å². The third kappa shape index (κ3) is 38.1. The van der Waals surface area contributed by atoms with Crippen molar-refractivity contribution in [1.82, 2.24) is 0 Å². The Morgan fingerprint density at radius 3 is 1.50 bits per heavy atom. The number of hydrogen-bond donors (Lipinski definition) is 4. The molecule has 1 heterocycles. The summed E-state index contributed by atoms with van der Waals surface area (Å²) in [6, 6.07) is 0. The number of allylic oxidation sites excluding steroid dienone is 14. The molecular formula is C55H94O12S. The highest BCUT2D eigenvalue weighted by molar-refractivity contribution is 7.80. The fourth-order valence-electron chi connectivity index (χ4n) is 7.55. The summed E-state index contributed by atoms with van der Waals surface area (Å²) in [5.41, 5.74) is 0. The van der Waals surface area contributed by atoms with Crippen LogP contribution in [0.3, 0.4) is 0 Å². The molecule has 0 aromatic rings. The summed E-state index contributed by atoms with van der Waals surface area (Å²) in [5, 5.41) is 30.8. The zero-order valence-electron chi connectivity index (χ0n) is 42.1. The molecule has 0 radical (unpaired) electrons. The molecule has 68 heavy (non-hydrogen) atoms. The molecule has 0 amide bonds. The van der Waals surface area contributed by atoms with Gasteiger partial charge in [-0.25, -0.2) is 4.18 Å². The predicted octanol–water partition coefficient (Wildman–Crippen LogP) is 12.4. The molecule has 13 heteroatoms. The van der Waals surface area contributed by atoms with E-state index in [4.69, 9.17) is 18.9 Å². The second-order valence-corrected chi connectivity index (χ2v) is 18.8. The van der Waals surface area contributed by atoms with E-state index in [1.165, 1.54) is 64.2 Å². The van der Waals surface area contributed by atoms with Crippen LogP contribution in [-0.2, 0) is 38.3 Å².